The molecule has 176 valence electrons. The van der Waals surface area contributed by atoms with Gasteiger partial charge < -0.3 is 9.29 Å². The highest BCUT2D eigenvalue weighted by Crippen LogP contribution is 2.53. The monoisotopic (exact) mass is 499 g/mol. The quantitative estimate of drug-likeness (QED) is 0.222. The van der Waals surface area contributed by atoms with Crippen LogP contribution in [0.15, 0.2) is 42.5 Å². The highest BCUT2D eigenvalue weighted by molar-refractivity contribution is 7.90. The van der Waals surface area contributed by atoms with Gasteiger partial charge in [-0.25, -0.2) is 4.39 Å². The molecule has 1 aliphatic carbocycles. The van der Waals surface area contributed by atoms with Crippen LogP contribution in [-0.2, 0) is 22.7 Å². The van der Waals surface area contributed by atoms with E-state index in [-0.39, 0.29) is 10.4 Å². The molecule has 0 radical (unpaired) electrons. The van der Waals surface area contributed by atoms with Gasteiger partial charge in [-0.3, -0.25) is 0 Å². The Bertz CT molecular complexity index is 886. The topological polar surface area (TPSA) is 44.3 Å². The third-order valence-corrected chi connectivity index (χ3v) is 8.60. The Kier molecular flexibility index (Phi) is 8.92. The number of ether oxygens (including phenoxy) is 1. The standard InChI is InChI=1S/C25H32Cl2FNO2S/c1-24(2,3)32(30)29-23(21-20(28)12-11-19(26)22(21)27)25(13-7-8-14-25)15-16-31-17-18-9-5-4-6-10-18/h4-6,9-12,23,29H,7-8,13-17H2,1-3H3/t23-,32-/m1/s1. The van der Waals surface area contributed by atoms with Crippen molar-refractivity contribution in [1.82, 2.24) is 4.72 Å². The molecule has 0 aromatic heterocycles. The van der Waals surface area contributed by atoms with E-state index in [0.29, 0.717) is 30.2 Å². The molecule has 32 heavy (non-hydrogen) atoms. The van der Waals surface area contributed by atoms with E-state index < -0.39 is 28.0 Å². The lowest BCUT2D eigenvalue weighted by Gasteiger charge is -2.40. The molecule has 3 rings (SSSR count). The van der Waals surface area contributed by atoms with E-state index in [9.17, 15) is 4.55 Å². The normalized spacial score (nSPS) is 18.0. The highest BCUT2D eigenvalue weighted by Gasteiger charge is 2.47. The predicted octanol–water partition coefficient (Wildman–Crippen LogP) is 7.39. The smallest absolute Gasteiger partial charge is 0.136 e. The van der Waals surface area contributed by atoms with Crippen LogP contribution < -0.4 is 4.72 Å². The zero-order valence-electron chi connectivity index (χ0n) is 18.9. The van der Waals surface area contributed by atoms with Crippen molar-refractivity contribution in [2.45, 2.75) is 70.3 Å². The molecule has 1 aliphatic rings. The molecule has 0 bridgehead atoms. The second kappa shape index (κ2) is 11.1. The fraction of sp³-hybridized carbons (Fsp3) is 0.520. The summed E-state index contributed by atoms with van der Waals surface area (Å²) in [6.45, 7) is 6.73. The van der Waals surface area contributed by atoms with Gasteiger partial charge in [0.1, 0.15) is 10.6 Å². The summed E-state index contributed by atoms with van der Waals surface area (Å²) >= 11 is 11.4. The molecule has 2 aromatic carbocycles. The molecule has 2 aromatic rings. The van der Waals surface area contributed by atoms with Crippen LogP contribution in [0.4, 0.5) is 4.39 Å². The first kappa shape index (κ1) is 25.8. The largest absolute Gasteiger partial charge is 0.598 e. The van der Waals surface area contributed by atoms with Gasteiger partial charge in [0.2, 0.25) is 0 Å². The average molecular weight is 501 g/mol. The maximum absolute atomic E-state index is 15.1. The Morgan fingerprint density at radius 1 is 1.12 bits per heavy atom. The van der Waals surface area contributed by atoms with Crippen LogP contribution in [0.1, 0.15) is 70.0 Å². The van der Waals surface area contributed by atoms with E-state index in [1.165, 1.54) is 12.1 Å². The van der Waals surface area contributed by atoms with E-state index in [1.54, 1.807) is 0 Å². The number of halogens is 3. The molecule has 0 saturated heterocycles. The lowest BCUT2D eigenvalue weighted by molar-refractivity contribution is 0.0698. The SMILES string of the molecule is CC(C)(C)[S@@+]([O-])N[C@H](c1c(F)ccc(Cl)c1Cl)C1(CCOCc2ccccc2)CCCC1. The van der Waals surface area contributed by atoms with Crippen LogP contribution in [0, 0.1) is 11.2 Å². The second-order valence-corrected chi connectivity index (χ2v) is 12.3. The molecule has 0 aliphatic heterocycles. The minimum atomic E-state index is -1.41. The first-order valence-corrected chi connectivity index (χ1v) is 13.0. The van der Waals surface area contributed by atoms with E-state index in [0.717, 1.165) is 31.2 Å². The highest BCUT2D eigenvalue weighted by atomic mass is 35.5. The van der Waals surface area contributed by atoms with Gasteiger partial charge in [-0.05, 0) is 63.1 Å². The van der Waals surface area contributed by atoms with E-state index >= 15 is 4.39 Å². The summed E-state index contributed by atoms with van der Waals surface area (Å²) in [5.41, 5.74) is 1.09. The summed E-state index contributed by atoms with van der Waals surface area (Å²) in [5.74, 6) is -0.431. The molecule has 7 heteroatoms. The van der Waals surface area contributed by atoms with Crippen molar-refractivity contribution in [2.75, 3.05) is 6.61 Å². The second-order valence-electron chi connectivity index (χ2n) is 9.55. The Labute approximate surface area is 204 Å². The van der Waals surface area contributed by atoms with E-state index in [4.69, 9.17) is 27.9 Å². The lowest BCUT2D eigenvalue weighted by atomic mass is 9.73. The number of rotatable bonds is 9. The van der Waals surface area contributed by atoms with E-state index in [2.05, 4.69) is 4.72 Å². The molecule has 0 amide bonds. The summed E-state index contributed by atoms with van der Waals surface area (Å²) in [4.78, 5) is 0. The fourth-order valence-corrected chi connectivity index (χ4v) is 5.75. The zero-order valence-corrected chi connectivity index (χ0v) is 21.3. The fourth-order valence-electron chi connectivity index (χ4n) is 4.38. The van der Waals surface area contributed by atoms with Crippen molar-refractivity contribution < 1.29 is 13.7 Å². The predicted molar refractivity (Wildman–Crippen MR) is 132 cm³/mol. The van der Waals surface area contributed by atoms with Crippen LogP contribution in [0.3, 0.4) is 0 Å². The van der Waals surface area contributed by atoms with Crippen LogP contribution in [0.25, 0.3) is 0 Å². The molecule has 1 N–H and O–H groups in total. The van der Waals surface area contributed by atoms with Gasteiger partial charge >= 0.3 is 0 Å². The van der Waals surface area contributed by atoms with Crippen molar-refractivity contribution in [1.29, 1.82) is 0 Å². The minimum Gasteiger partial charge on any atom is -0.598 e. The third kappa shape index (κ3) is 6.19. The van der Waals surface area contributed by atoms with Crippen LogP contribution >= 0.6 is 23.2 Å². The minimum absolute atomic E-state index is 0.187. The number of hydrogen-bond acceptors (Lipinski definition) is 3. The molecule has 3 nitrogen and oxygen atoms in total. The Morgan fingerprint density at radius 3 is 2.41 bits per heavy atom. The zero-order chi connectivity index (χ0) is 23.4. The van der Waals surface area contributed by atoms with Crippen LogP contribution in [0.5, 0.6) is 0 Å². The van der Waals surface area contributed by atoms with Gasteiger partial charge in [-0.15, -0.1) is 4.72 Å². The molecule has 0 spiro atoms. The third-order valence-electron chi connectivity index (χ3n) is 6.22. The van der Waals surface area contributed by atoms with Gasteiger partial charge in [0.25, 0.3) is 0 Å². The summed E-state index contributed by atoms with van der Waals surface area (Å²) < 4.78 is 37.0. The summed E-state index contributed by atoms with van der Waals surface area (Å²) in [5, 5.41) is 0.483. The first-order valence-electron chi connectivity index (χ1n) is 11.1. The Hall–Kier alpha value is -0.820. The van der Waals surface area contributed by atoms with Crippen molar-refractivity contribution >= 4 is 34.6 Å². The van der Waals surface area contributed by atoms with Gasteiger partial charge in [0.15, 0.2) is 0 Å². The number of benzene rings is 2. The van der Waals surface area contributed by atoms with E-state index in [1.807, 2.05) is 51.1 Å². The average Bonchev–Trinajstić information content (AvgIpc) is 3.23. The first-order chi connectivity index (χ1) is 15.1. The summed E-state index contributed by atoms with van der Waals surface area (Å²) in [7, 11) is 0. The van der Waals surface area contributed by atoms with Crippen molar-refractivity contribution in [3.8, 4) is 0 Å². The van der Waals surface area contributed by atoms with Gasteiger partial charge in [0.05, 0.1) is 22.7 Å². The molecular formula is C25H32Cl2FNO2S. The van der Waals surface area contributed by atoms with Crippen LogP contribution in [-0.4, -0.2) is 15.9 Å². The maximum atomic E-state index is 15.1. The lowest BCUT2D eigenvalue weighted by Crippen LogP contribution is -2.47. The van der Waals surface area contributed by atoms with Gasteiger partial charge in [-0.2, -0.15) is 0 Å². The molecule has 2 atom stereocenters. The Morgan fingerprint density at radius 2 is 1.78 bits per heavy atom. The number of nitrogens with one attached hydrogen (secondary N) is 1. The molecular weight excluding hydrogens is 468 g/mol. The molecule has 0 unspecified atom stereocenters. The molecule has 0 heterocycles. The van der Waals surface area contributed by atoms with Crippen molar-refractivity contribution in [3.63, 3.8) is 0 Å². The summed E-state index contributed by atoms with van der Waals surface area (Å²) in [6.07, 6.45) is 4.52. The molecule has 1 saturated carbocycles. The Balaban J connectivity index is 1.88. The number of hydrogen-bond donors (Lipinski definition) is 1. The van der Waals surface area contributed by atoms with Crippen molar-refractivity contribution in [3.05, 3.63) is 69.5 Å². The van der Waals surface area contributed by atoms with Gasteiger partial charge in [-0.1, -0.05) is 66.4 Å². The van der Waals surface area contributed by atoms with Gasteiger partial charge in [0, 0.05) is 23.5 Å². The molecule has 1 fully saturated rings. The van der Waals surface area contributed by atoms with Crippen molar-refractivity contribution in [2.24, 2.45) is 5.41 Å². The van der Waals surface area contributed by atoms with Crippen LogP contribution in [0.2, 0.25) is 10.0 Å². The maximum Gasteiger partial charge on any atom is 0.136 e. The summed E-state index contributed by atoms with van der Waals surface area (Å²) in [6, 6.07) is 12.3.